The summed E-state index contributed by atoms with van der Waals surface area (Å²) in [4.78, 5) is 20.4. The van der Waals surface area contributed by atoms with Gasteiger partial charge in [-0.3, -0.25) is 10.1 Å². The average molecular weight is 315 g/mol. The van der Waals surface area contributed by atoms with Gasteiger partial charge < -0.3 is 15.0 Å². The van der Waals surface area contributed by atoms with E-state index in [1.807, 2.05) is 0 Å². The lowest BCUT2D eigenvalue weighted by Gasteiger charge is -2.24. The topological polar surface area (TPSA) is 141 Å². The summed E-state index contributed by atoms with van der Waals surface area (Å²) in [6.07, 6.45) is -1.48. The van der Waals surface area contributed by atoms with E-state index in [0.29, 0.717) is 4.31 Å². The molecule has 1 aliphatic heterocycles. The average Bonchev–Trinajstić information content (AvgIpc) is 2.82. The Hall–Kier alpha value is -2.04. The molecule has 1 fully saturated rings. The molecular weight excluding hydrogens is 304 g/mol. The number of carbonyl (C=O) groups is 1. The fourth-order valence-electron chi connectivity index (χ4n) is 2.22. The van der Waals surface area contributed by atoms with Crippen molar-refractivity contribution in [1.29, 1.82) is 0 Å². The van der Waals surface area contributed by atoms with Crippen LogP contribution >= 0.6 is 0 Å². The highest BCUT2D eigenvalue weighted by molar-refractivity contribution is 7.89. The molecule has 10 heteroatoms. The normalized spacial score (nSPS) is 23.1. The summed E-state index contributed by atoms with van der Waals surface area (Å²) >= 11 is 0. The molecular formula is C11H11N2O7S-. The molecule has 1 aromatic carbocycles. The largest absolute Gasteiger partial charge is 0.548 e. The molecule has 21 heavy (non-hydrogen) atoms. The van der Waals surface area contributed by atoms with E-state index >= 15 is 0 Å². The second-order valence-corrected chi connectivity index (χ2v) is 6.38. The number of rotatable bonds is 4. The van der Waals surface area contributed by atoms with Crippen LogP contribution in [0.2, 0.25) is 0 Å². The van der Waals surface area contributed by atoms with Crippen LogP contribution in [0.15, 0.2) is 29.2 Å². The van der Waals surface area contributed by atoms with Gasteiger partial charge in [0.25, 0.3) is 15.7 Å². The van der Waals surface area contributed by atoms with E-state index in [1.165, 1.54) is 12.1 Å². The number of nitro benzene ring substituents is 1. The van der Waals surface area contributed by atoms with Crippen molar-refractivity contribution >= 4 is 21.7 Å². The Morgan fingerprint density at radius 1 is 1.38 bits per heavy atom. The Morgan fingerprint density at radius 3 is 2.57 bits per heavy atom. The lowest BCUT2D eigenvalue weighted by molar-refractivity contribution is -0.387. The molecule has 0 amide bonds. The minimum atomic E-state index is -4.43. The number of carboxylic acids is 1. The summed E-state index contributed by atoms with van der Waals surface area (Å²) < 4.78 is 25.4. The molecule has 2 rings (SSSR count). The highest BCUT2D eigenvalue weighted by atomic mass is 32.2. The van der Waals surface area contributed by atoms with Gasteiger partial charge in [0.15, 0.2) is 4.90 Å². The van der Waals surface area contributed by atoms with Gasteiger partial charge in [0, 0.05) is 12.6 Å². The number of aliphatic carboxylic acids is 1. The molecule has 1 aliphatic rings. The number of β-amino-alcohol motifs (C(OH)–C–C–N with tert-alkyl or cyclic N) is 1. The molecule has 1 heterocycles. The molecule has 0 aromatic heterocycles. The molecule has 1 N–H and O–H groups in total. The van der Waals surface area contributed by atoms with E-state index in [0.717, 1.165) is 12.1 Å². The third-order valence-corrected chi connectivity index (χ3v) is 5.08. The minimum Gasteiger partial charge on any atom is -0.548 e. The number of nitrogens with zero attached hydrogens (tertiary/aromatic N) is 2. The summed E-state index contributed by atoms with van der Waals surface area (Å²) in [5.41, 5.74) is -0.656. The first-order valence-corrected chi connectivity index (χ1v) is 7.33. The van der Waals surface area contributed by atoms with Gasteiger partial charge in [-0.2, -0.15) is 4.31 Å². The van der Waals surface area contributed by atoms with Gasteiger partial charge in [-0.15, -0.1) is 0 Å². The van der Waals surface area contributed by atoms with Gasteiger partial charge in [0.05, 0.1) is 23.0 Å². The van der Waals surface area contributed by atoms with Crippen molar-refractivity contribution in [2.75, 3.05) is 6.54 Å². The van der Waals surface area contributed by atoms with E-state index in [2.05, 4.69) is 0 Å². The summed E-state index contributed by atoms with van der Waals surface area (Å²) in [5, 5.41) is 31.4. The predicted molar refractivity (Wildman–Crippen MR) is 66.4 cm³/mol. The zero-order chi connectivity index (χ0) is 15.8. The van der Waals surface area contributed by atoms with Crippen LogP contribution in [-0.2, 0) is 14.8 Å². The zero-order valence-electron chi connectivity index (χ0n) is 10.6. The molecule has 2 atom stereocenters. The molecule has 0 spiro atoms. The molecule has 0 unspecified atom stereocenters. The monoisotopic (exact) mass is 315 g/mol. The van der Waals surface area contributed by atoms with Crippen molar-refractivity contribution in [3.05, 3.63) is 34.4 Å². The van der Waals surface area contributed by atoms with E-state index in [4.69, 9.17) is 0 Å². The smallest absolute Gasteiger partial charge is 0.289 e. The minimum absolute atomic E-state index is 0.317. The number of hydrogen-bond acceptors (Lipinski definition) is 7. The second kappa shape index (κ2) is 5.39. The molecule has 0 saturated carbocycles. The fourth-order valence-corrected chi connectivity index (χ4v) is 4.00. The first kappa shape index (κ1) is 15.4. The van der Waals surface area contributed by atoms with Crippen LogP contribution in [0.4, 0.5) is 5.69 Å². The van der Waals surface area contributed by atoms with Gasteiger partial charge in [-0.25, -0.2) is 8.42 Å². The van der Waals surface area contributed by atoms with Crippen molar-refractivity contribution < 1.29 is 28.3 Å². The molecule has 1 aromatic rings. The Labute approximate surface area is 119 Å². The van der Waals surface area contributed by atoms with Gasteiger partial charge in [-0.1, -0.05) is 12.1 Å². The number of aliphatic hydroxyl groups is 1. The van der Waals surface area contributed by atoms with Gasteiger partial charge in [-0.05, 0) is 12.5 Å². The number of nitro groups is 1. The fraction of sp³-hybridized carbons (Fsp3) is 0.364. The number of hydrogen-bond donors (Lipinski definition) is 1. The van der Waals surface area contributed by atoms with Crippen LogP contribution in [0.25, 0.3) is 0 Å². The summed E-state index contributed by atoms with van der Waals surface area (Å²) in [5.74, 6) is -1.66. The van der Waals surface area contributed by atoms with E-state index in [9.17, 15) is 33.5 Å². The predicted octanol–water partition coefficient (Wildman–Crippen LogP) is -1.53. The van der Waals surface area contributed by atoms with E-state index < -0.39 is 50.2 Å². The number of carboxylic acid groups (broad SMARTS) is 1. The third-order valence-electron chi connectivity index (χ3n) is 3.15. The third kappa shape index (κ3) is 2.73. The van der Waals surface area contributed by atoms with E-state index in [-0.39, 0.29) is 6.42 Å². The van der Waals surface area contributed by atoms with Crippen molar-refractivity contribution in [1.82, 2.24) is 4.31 Å². The molecule has 9 nitrogen and oxygen atoms in total. The lowest BCUT2D eigenvalue weighted by Crippen LogP contribution is -2.46. The van der Waals surface area contributed by atoms with Crippen molar-refractivity contribution in [2.24, 2.45) is 0 Å². The maximum absolute atomic E-state index is 12.4. The Bertz CT molecular complexity index is 688. The number of para-hydroxylation sites is 1. The van der Waals surface area contributed by atoms with Gasteiger partial charge >= 0.3 is 0 Å². The summed E-state index contributed by atoms with van der Waals surface area (Å²) in [6, 6.07) is 3.06. The quantitative estimate of drug-likeness (QED) is 0.524. The molecule has 1 saturated heterocycles. The maximum Gasteiger partial charge on any atom is 0.289 e. The Morgan fingerprint density at radius 2 is 2.00 bits per heavy atom. The highest BCUT2D eigenvalue weighted by Crippen LogP contribution is 2.31. The number of benzene rings is 1. The van der Waals surface area contributed by atoms with Gasteiger partial charge in [0.1, 0.15) is 0 Å². The first-order chi connectivity index (χ1) is 9.75. The van der Waals surface area contributed by atoms with Crippen molar-refractivity contribution in [2.45, 2.75) is 23.5 Å². The maximum atomic E-state index is 12.4. The Kier molecular flexibility index (Phi) is 3.94. The van der Waals surface area contributed by atoms with E-state index in [1.54, 1.807) is 0 Å². The van der Waals surface area contributed by atoms with Crippen molar-refractivity contribution in [3.63, 3.8) is 0 Å². The van der Waals surface area contributed by atoms with Crippen LogP contribution in [0.5, 0.6) is 0 Å². The molecule has 0 bridgehead atoms. The number of carbonyl (C=O) groups excluding carboxylic acids is 1. The van der Waals surface area contributed by atoms with Crippen LogP contribution in [0.3, 0.4) is 0 Å². The highest BCUT2D eigenvalue weighted by Gasteiger charge is 2.42. The standard InChI is InChI=1S/C11H12N2O7S/c14-7-5-9(11(15)16)12(6-7)21(19,20)10-4-2-1-3-8(10)13(17)18/h1-4,7,9,14H,5-6H2,(H,15,16)/p-1/t7-,9+/m1/s1. The van der Waals surface area contributed by atoms with Crippen LogP contribution in [0.1, 0.15) is 6.42 Å². The lowest BCUT2D eigenvalue weighted by atomic mass is 10.2. The zero-order valence-corrected chi connectivity index (χ0v) is 11.4. The second-order valence-electron chi connectivity index (χ2n) is 4.52. The SMILES string of the molecule is O=C([O-])[C@@H]1C[C@@H](O)CN1S(=O)(=O)c1ccccc1[N+](=O)[O-]. The number of aliphatic hydroxyl groups excluding tert-OH is 1. The van der Waals surface area contributed by atoms with Crippen LogP contribution in [0, 0.1) is 10.1 Å². The molecule has 0 aliphatic carbocycles. The first-order valence-electron chi connectivity index (χ1n) is 5.89. The summed E-state index contributed by atoms with van der Waals surface area (Å²) in [7, 11) is -4.43. The number of sulfonamides is 1. The van der Waals surface area contributed by atoms with Crippen molar-refractivity contribution in [3.8, 4) is 0 Å². The Balaban J connectivity index is 2.52. The van der Waals surface area contributed by atoms with Crippen LogP contribution in [-0.4, -0.2) is 47.4 Å². The van der Waals surface area contributed by atoms with Crippen LogP contribution < -0.4 is 5.11 Å². The molecule has 0 radical (unpaired) electrons. The summed E-state index contributed by atoms with van der Waals surface area (Å²) in [6.45, 7) is -0.451. The molecule has 114 valence electrons. The van der Waals surface area contributed by atoms with Gasteiger partial charge in [0.2, 0.25) is 0 Å².